The molecule has 2 aromatic heterocycles. The van der Waals surface area contributed by atoms with E-state index in [0.29, 0.717) is 28.6 Å². The van der Waals surface area contributed by atoms with Crippen molar-refractivity contribution in [2.75, 3.05) is 10.6 Å². The highest BCUT2D eigenvalue weighted by atomic mass is 35.5. The smallest absolute Gasteiger partial charge is 0.349 e. The van der Waals surface area contributed by atoms with Crippen molar-refractivity contribution in [2.24, 2.45) is 0 Å². The lowest BCUT2D eigenvalue weighted by Gasteiger charge is -2.09. The SMILES string of the molecule is O=C(Nc1ccccc1Cl)n1nc(-c2cccnc2)nc1NCc1ccc(F)cc1. The molecule has 0 saturated heterocycles. The zero-order valence-electron chi connectivity index (χ0n) is 15.6. The molecule has 0 bridgehead atoms. The Morgan fingerprint density at radius 1 is 1.07 bits per heavy atom. The molecule has 0 saturated carbocycles. The first-order valence-electron chi connectivity index (χ1n) is 9.02. The average molecular weight is 423 g/mol. The van der Waals surface area contributed by atoms with Crippen molar-refractivity contribution in [3.8, 4) is 11.4 Å². The molecule has 4 rings (SSSR count). The topological polar surface area (TPSA) is 84.7 Å². The molecule has 0 spiro atoms. The number of amides is 1. The first kappa shape index (κ1) is 19.5. The average Bonchev–Trinajstić information content (AvgIpc) is 3.20. The maximum atomic E-state index is 13.1. The van der Waals surface area contributed by atoms with Crippen molar-refractivity contribution >= 4 is 29.3 Å². The quantitative estimate of drug-likeness (QED) is 0.481. The van der Waals surface area contributed by atoms with Crippen LogP contribution in [0, 0.1) is 5.82 Å². The summed E-state index contributed by atoms with van der Waals surface area (Å²) in [6.45, 7) is 0.324. The Bertz CT molecular complexity index is 1160. The predicted octanol–water partition coefficient (Wildman–Crippen LogP) is 4.82. The second-order valence-electron chi connectivity index (χ2n) is 6.30. The third-order valence-corrected chi connectivity index (χ3v) is 4.53. The number of hydrogen-bond donors (Lipinski definition) is 2. The van der Waals surface area contributed by atoms with Crippen molar-refractivity contribution in [1.82, 2.24) is 19.7 Å². The van der Waals surface area contributed by atoms with Crippen LogP contribution in [0.5, 0.6) is 0 Å². The van der Waals surface area contributed by atoms with Crippen LogP contribution in [0.25, 0.3) is 11.4 Å². The van der Waals surface area contributed by atoms with Gasteiger partial charge in [0.15, 0.2) is 5.82 Å². The molecule has 0 atom stereocenters. The van der Waals surface area contributed by atoms with Crippen LogP contribution in [0.3, 0.4) is 0 Å². The van der Waals surface area contributed by atoms with Gasteiger partial charge in [-0.25, -0.2) is 9.18 Å². The van der Waals surface area contributed by atoms with Gasteiger partial charge in [-0.2, -0.15) is 4.98 Å². The largest absolute Gasteiger partial charge is 0.350 e. The molecule has 7 nitrogen and oxygen atoms in total. The number of para-hydroxylation sites is 1. The Balaban J connectivity index is 1.63. The van der Waals surface area contributed by atoms with E-state index < -0.39 is 6.03 Å². The number of nitrogens with zero attached hydrogens (tertiary/aromatic N) is 4. The summed E-state index contributed by atoms with van der Waals surface area (Å²) in [7, 11) is 0. The van der Waals surface area contributed by atoms with Gasteiger partial charge in [0.1, 0.15) is 5.82 Å². The summed E-state index contributed by atoms with van der Waals surface area (Å²) >= 11 is 6.14. The third-order valence-electron chi connectivity index (χ3n) is 4.20. The van der Waals surface area contributed by atoms with E-state index in [9.17, 15) is 9.18 Å². The number of pyridine rings is 1. The lowest BCUT2D eigenvalue weighted by molar-refractivity contribution is 0.251. The minimum atomic E-state index is -0.535. The van der Waals surface area contributed by atoms with Gasteiger partial charge in [-0.15, -0.1) is 9.78 Å². The summed E-state index contributed by atoms with van der Waals surface area (Å²) in [5, 5.41) is 10.5. The van der Waals surface area contributed by atoms with Gasteiger partial charge in [0.2, 0.25) is 5.95 Å². The number of carbonyl (C=O) groups excluding carboxylic acids is 1. The standard InChI is InChI=1S/C21H16ClFN6O/c22-17-5-1-2-6-18(17)26-21(30)29-20(25-12-14-7-9-16(23)10-8-14)27-19(28-29)15-4-3-11-24-13-15/h1-11,13H,12H2,(H,26,30)(H,25,27,28). The summed E-state index contributed by atoms with van der Waals surface area (Å²) < 4.78 is 14.3. The highest BCUT2D eigenvalue weighted by molar-refractivity contribution is 6.33. The first-order chi connectivity index (χ1) is 14.6. The molecule has 4 aromatic rings. The zero-order valence-corrected chi connectivity index (χ0v) is 16.3. The van der Waals surface area contributed by atoms with Crippen LogP contribution in [0.4, 0.5) is 20.8 Å². The normalized spacial score (nSPS) is 10.6. The molecule has 0 fully saturated rings. The fraction of sp³-hybridized carbons (Fsp3) is 0.0476. The predicted molar refractivity (Wildman–Crippen MR) is 113 cm³/mol. The van der Waals surface area contributed by atoms with Crippen LogP contribution in [-0.4, -0.2) is 25.8 Å². The van der Waals surface area contributed by atoms with Gasteiger partial charge in [0.05, 0.1) is 10.7 Å². The van der Waals surface area contributed by atoms with E-state index in [1.54, 1.807) is 60.9 Å². The molecule has 0 aliphatic heterocycles. The maximum Gasteiger partial charge on any atom is 0.349 e. The summed E-state index contributed by atoms with van der Waals surface area (Å²) in [4.78, 5) is 21.4. The van der Waals surface area contributed by atoms with E-state index >= 15 is 0 Å². The fourth-order valence-corrected chi connectivity index (χ4v) is 2.88. The van der Waals surface area contributed by atoms with Gasteiger partial charge in [0.25, 0.3) is 0 Å². The Morgan fingerprint density at radius 3 is 2.60 bits per heavy atom. The van der Waals surface area contributed by atoms with Gasteiger partial charge in [-0.1, -0.05) is 35.9 Å². The molecular formula is C21H16ClFN6O. The van der Waals surface area contributed by atoms with E-state index in [0.717, 1.165) is 10.2 Å². The monoisotopic (exact) mass is 422 g/mol. The number of halogens is 2. The third kappa shape index (κ3) is 4.44. The Labute approximate surface area is 176 Å². The van der Waals surface area contributed by atoms with E-state index in [-0.39, 0.29) is 11.8 Å². The maximum absolute atomic E-state index is 13.1. The van der Waals surface area contributed by atoms with Crippen LogP contribution in [-0.2, 0) is 6.54 Å². The van der Waals surface area contributed by atoms with E-state index in [4.69, 9.17) is 11.6 Å². The molecule has 9 heteroatoms. The molecule has 0 aliphatic rings. The van der Waals surface area contributed by atoms with E-state index in [2.05, 4.69) is 25.7 Å². The summed E-state index contributed by atoms with van der Waals surface area (Å²) in [5.74, 6) is 0.238. The molecule has 2 aromatic carbocycles. The van der Waals surface area contributed by atoms with Crippen LogP contribution < -0.4 is 10.6 Å². The summed E-state index contributed by atoms with van der Waals surface area (Å²) in [6.07, 6.45) is 3.24. The van der Waals surface area contributed by atoms with Crippen LogP contribution >= 0.6 is 11.6 Å². The lowest BCUT2D eigenvalue weighted by atomic mass is 10.2. The van der Waals surface area contributed by atoms with Gasteiger partial charge >= 0.3 is 6.03 Å². The van der Waals surface area contributed by atoms with Gasteiger partial charge in [-0.05, 0) is 42.0 Å². The molecule has 2 heterocycles. The van der Waals surface area contributed by atoms with Crippen LogP contribution in [0.2, 0.25) is 5.02 Å². The van der Waals surface area contributed by atoms with Crippen molar-refractivity contribution in [1.29, 1.82) is 0 Å². The second kappa shape index (κ2) is 8.71. The molecule has 0 radical (unpaired) electrons. The fourth-order valence-electron chi connectivity index (χ4n) is 2.70. The number of rotatable bonds is 5. The molecule has 2 N–H and O–H groups in total. The summed E-state index contributed by atoms with van der Waals surface area (Å²) in [5.41, 5.74) is 1.93. The van der Waals surface area contributed by atoms with Crippen molar-refractivity contribution in [2.45, 2.75) is 6.54 Å². The van der Waals surface area contributed by atoms with Gasteiger partial charge in [0, 0.05) is 24.5 Å². The Morgan fingerprint density at radius 2 is 1.87 bits per heavy atom. The second-order valence-corrected chi connectivity index (χ2v) is 6.71. The highest BCUT2D eigenvalue weighted by Gasteiger charge is 2.18. The van der Waals surface area contributed by atoms with Gasteiger partial charge in [-0.3, -0.25) is 4.98 Å². The number of nitrogens with one attached hydrogen (secondary N) is 2. The minimum absolute atomic E-state index is 0.225. The van der Waals surface area contributed by atoms with E-state index in [1.807, 2.05) is 0 Å². The van der Waals surface area contributed by atoms with Crippen molar-refractivity contribution in [3.05, 3.63) is 89.5 Å². The number of carbonyl (C=O) groups is 1. The molecule has 1 amide bonds. The zero-order chi connectivity index (χ0) is 20.9. The molecular weight excluding hydrogens is 407 g/mol. The summed E-state index contributed by atoms with van der Waals surface area (Å²) in [6, 6.07) is 15.9. The number of anilines is 2. The number of aromatic nitrogens is 4. The molecule has 0 aliphatic carbocycles. The Hall–Kier alpha value is -3.78. The van der Waals surface area contributed by atoms with Crippen molar-refractivity contribution in [3.63, 3.8) is 0 Å². The molecule has 0 unspecified atom stereocenters. The minimum Gasteiger partial charge on any atom is -0.350 e. The Kier molecular flexibility index (Phi) is 5.67. The van der Waals surface area contributed by atoms with E-state index in [1.165, 1.54) is 12.1 Å². The number of benzene rings is 2. The van der Waals surface area contributed by atoms with Crippen LogP contribution in [0.1, 0.15) is 5.56 Å². The first-order valence-corrected chi connectivity index (χ1v) is 9.39. The number of hydrogen-bond acceptors (Lipinski definition) is 5. The van der Waals surface area contributed by atoms with Crippen LogP contribution in [0.15, 0.2) is 73.1 Å². The van der Waals surface area contributed by atoms with Crippen molar-refractivity contribution < 1.29 is 9.18 Å². The van der Waals surface area contributed by atoms with Gasteiger partial charge < -0.3 is 10.6 Å². The molecule has 150 valence electrons. The lowest BCUT2D eigenvalue weighted by Crippen LogP contribution is -2.23. The molecule has 30 heavy (non-hydrogen) atoms. The highest BCUT2D eigenvalue weighted by Crippen LogP contribution is 2.22.